The number of carbonyl (C=O) groups is 5. The Morgan fingerprint density at radius 2 is 1.67 bits per heavy atom. The van der Waals surface area contributed by atoms with Crippen molar-refractivity contribution >= 4 is 38.0 Å². The molecule has 0 radical (unpaired) electrons. The number of rotatable bonds is 12. The van der Waals surface area contributed by atoms with Gasteiger partial charge in [-0.1, -0.05) is 51.1 Å². The van der Waals surface area contributed by atoms with Crippen LogP contribution in [0.4, 0.5) is 4.79 Å². The lowest BCUT2D eigenvalue weighted by Gasteiger charge is -2.41. The standard InChI is InChI=1S/C32H51N5O8Si/c1-20(38)25(27(33)39)34-28(40)23-15-17-36(18-23)29(41)24-14-11-16-37(24)30(42)26(21(2)45-46(6,7)32(3,4)5)35-31(43)44-19-22-12-9-8-10-13-22/h8-10,12-13,20-21,23-26,38H,11,14-19H2,1-7H3,(H2,33,39)(H,34,40)(H,35,43)/t20-,21-,23+,24-,25+,26+/m1/s1. The number of benzene rings is 1. The van der Waals surface area contributed by atoms with Crippen molar-refractivity contribution in [1.82, 2.24) is 20.4 Å². The summed E-state index contributed by atoms with van der Waals surface area (Å²) in [6.45, 7) is 14.2. The van der Waals surface area contributed by atoms with E-state index >= 15 is 0 Å². The van der Waals surface area contributed by atoms with Crippen molar-refractivity contribution in [2.45, 2.75) is 109 Å². The zero-order valence-electron chi connectivity index (χ0n) is 28.1. The van der Waals surface area contributed by atoms with Gasteiger partial charge >= 0.3 is 6.09 Å². The number of aliphatic hydroxyl groups excluding tert-OH is 1. The normalized spacial score (nSPS) is 21.2. The minimum absolute atomic E-state index is 0.0248. The molecule has 1 aromatic rings. The van der Waals surface area contributed by atoms with Crippen LogP contribution in [0.1, 0.15) is 59.4 Å². The number of carbonyl (C=O) groups excluding carboxylic acids is 5. The van der Waals surface area contributed by atoms with Crippen molar-refractivity contribution in [3.05, 3.63) is 35.9 Å². The van der Waals surface area contributed by atoms with Gasteiger partial charge in [0.25, 0.3) is 0 Å². The van der Waals surface area contributed by atoms with E-state index in [0.717, 1.165) is 5.56 Å². The van der Waals surface area contributed by atoms with E-state index < -0.39 is 68.4 Å². The molecular formula is C32H51N5O8Si. The van der Waals surface area contributed by atoms with Crippen LogP contribution in [0.25, 0.3) is 0 Å². The predicted molar refractivity (Wildman–Crippen MR) is 174 cm³/mol. The minimum atomic E-state index is -2.36. The zero-order chi connectivity index (χ0) is 34.4. The molecule has 2 aliphatic heterocycles. The first-order valence-corrected chi connectivity index (χ1v) is 18.9. The van der Waals surface area contributed by atoms with Gasteiger partial charge in [0.2, 0.25) is 23.6 Å². The Morgan fingerprint density at radius 3 is 2.26 bits per heavy atom. The number of aliphatic hydroxyl groups is 1. The number of amides is 5. The Labute approximate surface area is 272 Å². The fourth-order valence-corrected chi connectivity index (χ4v) is 6.95. The van der Waals surface area contributed by atoms with Crippen LogP contribution in [0, 0.1) is 5.92 Å². The second kappa shape index (κ2) is 15.4. The van der Waals surface area contributed by atoms with E-state index in [1.165, 1.54) is 11.8 Å². The summed E-state index contributed by atoms with van der Waals surface area (Å²) in [7, 11) is -2.36. The molecule has 256 valence electrons. The molecule has 0 aliphatic carbocycles. The number of ether oxygens (including phenoxy) is 1. The van der Waals surface area contributed by atoms with Gasteiger partial charge in [-0.05, 0) is 56.8 Å². The van der Waals surface area contributed by atoms with Gasteiger partial charge in [0, 0.05) is 19.6 Å². The molecule has 13 nitrogen and oxygen atoms in total. The molecule has 6 atom stereocenters. The van der Waals surface area contributed by atoms with Gasteiger partial charge in [-0.2, -0.15) is 0 Å². The molecule has 2 aliphatic rings. The highest BCUT2D eigenvalue weighted by atomic mass is 28.4. The molecule has 2 fully saturated rings. The summed E-state index contributed by atoms with van der Waals surface area (Å²) < 4.78 is 12.0. The van der Waals surface area contributed by atoms with Crippen LogP contribution < -0.4 is 16.4 Å². The molecule has 3 rings (SSSR count). The quantitative estimate of drug-likeness (QED) is 0.245. The average Bonchev–Trinajstić information content (AvgIpc) is 3.67. The molecule has 46 heavy (non-hydrogen) atoms. The molecule has 2 heterocycles. The molecular weight excluding hydrogens is 610 g/mol. The summed E-state index contributed by atoms with van der Waals surface area (Å²) in [5, 5.41) is 14.9. The first-order chi connectivity index (χ1) is 21.4. The van der Waals surface area contributed by atoms with Gasteiger partial charge in [-0.15, -0.1) is 0 Å². The lowest BCUT2D eigenvalue weighted by molar-refractivity contribution is -0.145. The van der Waals surface area contributed by atoms with Gasteiger partial charge in [0.05, 0.1) is 18.1 Å². The maximum absolute atomic E-state index is 14.2. The smallest absolute Gasteiger partial charge is 0.408 e. The number of nitrogens with zero attached hydrogens (tertiary/aromatic N) is 2. The van der Waals surface area contributed by atoms with E-state index in [4.69, 9.17) is 14.9 Å². The Balaban J connectivity index is 1.74. The minimum Gasteiger partial charge on any atom is -0.445 e. The molecule has 2 saturated heterocycles. The van der Waals surface area contributed by atoms with Crippen molar-refractivity contribution < 1.29 is 38.2 Å². The number of hydrogen-bond acceptors (Lipinski definition) is 8. The third-order valence-corrected chi connectivity index (χ3v) is 13.9. The molecule has 0 aromatic heterocycles. The molecule has 0 saturated carbocycles. The van der Waals surface area contributed by atoms with Crippen LogP contribution in [-0.2, 0) is 34.9 Å². The lowest BCUT2D eigenvalue weighted by atomic mass is 10.1. The summed E-state index contributed by atoms with van der Waals surface area (Å²) in [5.74, 6) is -2.65. The number of primary amides is 1. The van der Waals surface area contributed by atoms with Crippen molar-refractivity contribution in [1.29, 1.82) is 0 Å². The highest BCUT2D eigenvalue weighted by Crippen LogP contribution is 2.38. The van der Waals surface area contributed by atoms with Crippen molar-refractivity contribution in [2.75, 3.05) is 19.6 Å². The largest absolute Gasteiger partial charge is 0.445 e. The zero-order valence-corrected chi connectivity index (χ0v) is 29.1. The number of likely N-dealkylation sites (tertiary alicyclic amines) is 2. The summed E-state index contributed by atoms with van der Waals surface area (Å²) >= 11 is 0. The number of nitrogens with one attached hydrogen (secondary N) is 2. The summed E-state index contributed by atoms with van der Waals surface area (Å²) in [6.07, 6.45) is -1.25. The van der Waals surface area contributed by atoms with Gasteiger partial charge in [-0.3, -0.25) is 19.2 Å². The summed E-state index contributed by atoms with van der Waals surface area (Å²) in [6, 6.07) is 6.09. The second-order valence-electron chi connectivity index (χ2n) is 13.9. The number of alkyl carbamates (subject to hydrolysis) is 1. The first-order valence-electron chi connectivity index (χ1n) is 15.9. The van der Waals surface area contributed by atoms with Crippen molar-refractivity contribution in [3.63, 3.8) is 0 Å². The van der Waals surface area contributed by atoms with Gasteiger partial charge in [0.15, 0.2) is 8.32 Å². The summed E-state index contributed by atoms with van der Waals surface area (Å²) in [5.41, 5.74) is 6.10. The van der Waals surface area contributed by atoms with Crippen LogP contribution in [0.3, 0.4) is 0 Å². The predicted octanol–water partition coefficient (Wildman–Crippen LogP) is 1.88. The number of hydrogen-bond donors (Lipinski definition) is 4. The lowest BCUT2D eigenvalue weighted by Crippen LogP contribution is -2.59. The molecule has 0 spiro atoms. The van der Waals surface area contributed by atoms with Crippen molar-refractivity contribution in [3.8, 4) is 0 Å². The van der Waals surface area contributed by atoms with E-state index in [1.807, 2.05) is 30.3 Å². The van der Waals surface area contributed by atoms with Crippen LogP contribution in [0.2, 0.25) is 18.1 Å². The molecule has 5 N–H and O–H groups in total. The fourth-order valence-electron chi connectivity index (χ4n) is 5.53. The van der Waals surface area contributed by atoms with Crippen LogP contribution in [-0.4, -0.2) is 103 Å². The molecule has 0 unspecified atom stereocenters. The molecule has 1 aromatic carbocycles. The van der Waals surface area contributed by atoms with E-state index in [-0.39, 0.29) is 24.1 Å². The Morgan fingerprint density at radius 1 is 1.02 bits per heavy atom. The van der Waals surface area contributed by atoms with E-state index in [2.05, 4.69) is 44.5 Å². The first kappa shape index (κ1) is 37.0. The van der Waals surface area contributed by atoms with Crippen LogP contribution >= 0.6 is 0 Å². The Kier molecular flexibility index (Phi) is 12.4. The third-order valence-electron chi connectivity index (χ3n) is 9.29. The third kappa shape index (κ3) is 9.29. The highest BCUT2D eigenvalue weighted by molar-refractivity contribution is 6.74. The monoisotopic (exact) mass is 661 g/mol. The van der Waals surface area contributed by atoms with Gasteiger partial charge < -0.3 is 40.4 Å². The Bertz CT molecular complexity index is 1250. The topological polar surface area (TPSA) is 181 Å². The maximum Gasteiger partial charge on any atom is 0.408 e. The SMILES string of the molecule is C[C@@H](O)[C@H](NC(=O)[C@H]1CCN(C(=O)[C@H]2CCCN2C(=O)[C@@H](NC(=O)OCc2ccccc2)[C@@H](C)O[Si](C)(C)C(C)(C)C)C1)C(N)=O. The molecule has 14 heteroatoms. The summed E-state index contributed by atoms with van der Waals surface area (Å²) in [4.78, 5) is 68.4. The Hall–Kier alpha value is -3.49. The van der Waals surface area contributed by atoms with E-state index in [9.17, 15) is 29.1 Å². The second-order valence-corrected chi connectivity index (χ2v) is 18.6. The van der Waals surface area contributed by atoms with E-state index in [0.29, 0.717) is 32.4 Å². The van der Waals surface area contributed by atoms with Crippen LogP contribution in [0.5, 0.6) is 0 Å². The van der Waals surface area contributed by atoms with Gasteiger partial charge in [0.1, 0.15) is 24.7 Å². The van der Waals surface area contributed by atoms with Crippen LogP contribution in [0.15, 0.2) is 30.3 Å². The van der Waals surface area contributed by atoms with E-state index in [1.54, 1.807) is 11.8 Å². The highest BCUT2D eigenvalue weighted by Gasteiger charge is 2.46. The van der Waals surface area contributed by atoms with Crippen molar-refractivity contribution in [2.24, 2.45) is 11.7 Å². The van der Waals surface area contributed by atoms with Gasteiger partial charge in [-0.25, -0.2) is 4.79 Å². The fraction of sp³-hybridized carbons (Fsp3) is 0.656. The molecule has 5 amide bonds. The number of nitrogens with two attached hydrogens (primary N) is 1. The average molecular weight is 662 g/mol. The maximum atomic E-state index is 14.2. The molecule has 0 bridgehead atoms.